The third kappa shape index (κ3) is 7.16. The second kappa shape index (κ2) is 8.02. The highest BCUT2D eigenvalue weighted by Gasteiger charge is 2.13. The van der Waals surface area contributed by atoms with Gasteiger partial charge in [-0.15, -0.1) is 0 Å². The number of nitrogens with one attached hydrogen (secondary N) is 1. The van der Waals surface area contributed by atoms with Crippen LogP contribution >= 0.6 is 11.6 Å². The lowest BCUT2D eigenvalue weighted by atomic mass is 10.1. The highest BCUT2D eigenvalue weighted by molar-refractivity contribution is 6.30. The van der Waals surface area contributed by atoms with Crippen molar-refractivity contribution in [1.29, 1.82) is 0 Å². The zero-order valence-electron chi connectivity index (χ0n) is 14.2. The summed E-state index contributed by atoms with van der Waals surface area (Å²) in [5, 5.41) is 4.29. The molecule has 0 unspecified atom stereocenters. The lowest BCUT2D eigenvalue weighted by Gasteiger charge is -2.26. The van der Waals surface area contributed by atoms with Crippen LogP contribution in [0.5, 0.6) is 0 Å². The lowest BCUT2D eigenvalue weighted by molar-refractivity contribution is 0.0846. The highest BCUT2D eigenvalue weighted by atomic mass is 35.5. The van der Waals surface area contributed by atoms with Gasteiger partial charge in [0.2, 0.25) is 0 Å². The smallest absolute Gasteiger partial charge is 0.0644 e. The van der Waals surface area contributed by atoms with E-state index in [9.17, 15) is 0 Å². The Labute approximate surface area is 134 Å². The highest BCUT2D eigenvalue weighted by Crippen LogP contribution is 2.24. The Morgan fingerprint density at radius 3 is 2.52 bits per heavy atom. The van der Waals surface area contributed by atoms with Gasteiger partial charge in [-0.1, -0.05) is 17.7 Å². The molecule has 3 nitrogen and oxygen atoms in total. The molecule has 0 aliphatic carbocycles. The first-order chi connectivity index (χ1) is 9.69. The van der Waals surface area contributed by atoms with E-state index in [1.54, 1.807) is 0 Å². The molecule has 0 atom stereocenters. The van der Waals surface area contributed by atoms with E-state index in [1.165, 1.54) is 5.56 Å². The molecule has 1 aromatic carbocycles. The molecule has 0 bridgehead atoms. The van der Waals surface area contributed by atoms with Crippen molar-refractivity contribution in [3.05, 3.63) is 28.8 Å². The maximum atomic E-state index is 6.16. The Kier molecular flexibility index (Phi) is 6.98. The molecule has 1 aromatic rings. The second-order valence-corrected chi connectivity index (χ2v) is 7.15. The topological polar surface area (TPSA) is 24.5 Å². The van der Waals surface area contributed by atoms with Crippen LogP contribution in [0.2, 0.25) is 5.02 Å². The molecule has 1 N–H and O–H groups in total. The second-order valence-electron chi connectivity index (χ2n) is 6.72. The summed E-state index contributed by atoms with van der Waals surface area (Å²) in [5.74, 6) is 0. The van der Waals surface area contributed by atoms with Crippen LogP contribution in [-0.2, 0) is 11.3 Å². The van der Waals surface area contributed by atoms with E-state index in [0.29, 0.717) is 6.61 Å². The summed E-state index contributed by atoms with van der Waals surface area (Å²) in [6.45, 7) is 13.0. The fourth-order valence-electron chi connectivity index (χ4n) is 1.95. The number of benzene rings is 1. The average Bonchev–Trinajstić information content (AvgIpc) is 2.35. The summed E-state index contributed by atoms with van der Waals surface area (Å²) in [6, 6.07) is 6.07. The van der Waals surface area contributed by atoms with E-state index in [0.717, 1.165) is 23.8 Å². The van der Waals surface area contributed by atoms with Crippen molar-refractivity contribution in [2.24, 2.45) is 0 Å². The van der Waals surface area contributed by atoms with Gasteiger partial charge in [0.15, 0.2) is 0 Å². The molecule has 0 saturated heterocycles. The SMILES string of the molecule is CC(C)OCCN(C)c1cc(Cl)ccc1CNC(C)(C)C. The third-order valence-electron chi connectivity index (χ3n) is 3.15. The van der Waals surface area contributed by atoms with Crippen molar-refractivity contribution in [2.45, 2.75) is 52.8 Å². The van der Waals surface area contributed by atoms with Crippen LogP contribution in [0.25, 0.3) is 0 Å². The Hall–Kier alpha value is -0.770. The summed E-state index contributed by atoms with van der Waals surface area (Å²) in [6.07, 6.45) is 0.264. The zero-order chi connectivity index (χ0) is 16.0. The van der Waals surface area contributed by atoms with Crippen LogP contribution in [0.15, 0.2) is 18.2 Å². The van der Waals surface area contributed by atoms with Crippen LogP contribution in [0, 0.1) is 0 Å². The van der Waals surface area contributed by atoms with Gasteiger partial charge in [-0.3, -0.25) is 0 Å². The van der Waals surface area contributed by atoms with Crippen molar-refractivity contribution in [2.75, 3.05) is 25.1 Å². The maximum Gasteiger partial charge on any atom is 0.0644 e. The number of nitrogens with zero attached hydrogens (tertiary/aromatic N) is 1. The van der Waals surface area contributed by atoms with Gasteiger partial charge in [-0.25, -0.2) is 0 Å². The van der Waals surface area contributed by atoms with Crippen LogP contribution in [0.1, 0.15) is 40.2 Å². The summed E-state index contributed by atoms with van der Waals surface area (Å²) in [5.41, 5.74) is 2.50. The van der Waals surface area contributed by atoms with Gasteiger partial charge >= 0.3 is 0 Å². The van der Waals surface area contributed by atoms with Gasteiger partial charge in [0.1, 0.15) is 0 Å². The fourth-order valence-corrected chi connectivity index (χ4v) is 2.11. The van der Waals surface area contributed by atoms with E-state index >= 15 is 0 Å². The maximum absolute atomic E-state index is 6.16. The molecule has 0 amide bonds. The fraction of sp³-hybridized carbons (Fsp3) is 0.647. The number of ether oxygens (including phenoxy) is 1. The minimum atomic E-state index is 0.0935. The Balaban J connectivity index is 2.76. The molecular formula is C17H29ClN2O. The molecule has 4 heteroatoms. The molecule has 0 heterocycles. The van der Waals surface area contributed by atoms with Gasteiger partial charge in [0.05, 0.1) is 12.7 Å². The molecule has 0 aliphatic rings. The first-order valence-electron chi connectivity index (χ1n) is 7.55. The molecule has 0 aliphatic heterocycles. The number of hydrogen-bond donors (Lipinski definition) is 1. The Morgan fingerprint density at radius 1 is 1.29 bits per heavy atom. The summed E-state index contributed by atoms with van der Waals surface area (Å²) in [4.78, 5) is 2.20. The van der Waals surface area contributed by atoms with Gasteiger partial charge in [0.25, 0.3) is 0 Å². The number of halogens is 1. The first-order valence-corrected chi connectivity index (χ1v) is 7.93. The van der Waals surface area contributed by atoms with Crippen molar-refractivity contribution in [3.63, 3.8) is 0 Å². The van der Waals surface area contributed by atoms with Gasteiger partial charge in [0, 0.05) is 36.4 Å². The van der Waals surface area contributed by atoms with Crippen molar-refractivity contribution >= 4 is 17.3 Å². The Morgan fingerprint density at radius 2 is 1.95 bits per heavy atom. The van der Waals surface area contributed by atoms with Crippen LogP contribution < -0.4 is 10.2 Å². The molecular weight excluding hydrogens is 284 g/mol. The molecule has 21 heavy (non-hydrogen) atoms. The quantitative estimate of drug-likeness (QED) is 0.820. The van der Waals surface area contributed by atoms with Crippen molar-refractivity contribution in [1.82, 2.24) is 5.32 Å². The van der Waals surface area contributed by atoms with E-state index in [4.69, 9.17) is 16.3 Å². The van der Waals surface area contributed by atoms with E-state index in [2.05, 4.69) is 57.9 Å². The molecule has 0 radical (unpaired) electrons. The minimum Gasteiger partial charge on any atom is -0.377 e. The van der Waals surface area contributed by atoms with Crippen molar-refractivity contribution < 1.29 is 4.74 Å². The van der Waals surface area contributed by atoms with E-state index in [-0.39, 0.29) is 11.6 Å². The lowest BCUT2D eigenvalue weighted by Crippen LogP contribution is -2.35. The van der Waals surface area contributed by atoms with Crippen molar-refractivity contribution in [3.8, 4) is 0 Å². The van der Waals surface area contributed by atoms with Gasteiger partial charge < -0.3 is 15.0 Å². The predicted molar refractivity (Wildman–Crippen MR) is 92.4 cm³/mol. The monoisotopic (exact) mass is 312 g/mol. The normalized spacial score (nSPS) is 12.0. The zero-order valence-corrected chi connectivity index (χ0v) is 14.9. The standard InChI is InChI=1S/C17H29ClN2O/c1-13(2)21-10-9-20(6)16-11-15(18)8-7-14(16)12-19-17(3,4)5/h7-8,11,13,19H,9-10,12H2,1-6H3. The van der Waals surface area contributed by atoms with Gasteiger partial charge in [-0.05, 0) is 52.3 Å². The van der Waals surface area contributed by atoms with Crippen LogP contribution in [0.3, 0.4) is 0 Å². The summed E-state index contributed by atoms with van der Waals surface area (Å²) >= 11 is 6.16. The predicted octanol–water partition coefficient (Wildman–Crippen LogP) is 4.09. The molecule has 1 rings (SSSR count). The van der Waals surface area contributed by atoms with E-state index in [1.807, 2.05) is 12.1 Å². The molecule has 0 aromatic heterocycles. The Bertz CT molecular complexity index is 441. The summed E-state index contributed by atoms with van der Waals surface area (Å²) < 4.78 is 5.63. The number of hydrogen-bond acceptors (Lipinski definition) is 3. The first kappa shape index (κ1) is 18.3. The van der Waals surface area contributed by atoms with Crippen LogP contribution in [0.4, 0.5) is 5.69 Å². The molecule has 0 fully saturated rings. The largest absolute Gasteiger partial charge is 0.377 e. The molecule has 0 spiro atoms. The molecule has 120 valence electrons. The minimum absolute atomic E-state index is 0.0935. The van der Waals surface area contributed by atoms with Gasteiger partial charge in [-0.2, -0.15) is 0 Å². The number of anilines is 1. The number of likely N-dealkylation sites (N-methyl/N-ethyl adjacent to an activating group) is 1. The third-order valence-corrected chi connectivity index (χ3v) is 3.38. The van der Waals surface area contributed by atoms with Crippen LogP contribution in [-0.4, -0.2) is 31.8 Å². The average molecular weight is 313 g/mol. The summed E-state index contributed by atoms with van der Waals surface area (Å²) in [7, 11) is 2.08. The number of rotatable bonds is 7. The van der Waals surface area contributed by atoms with E-state index < -0.39 is 0 Å². The molecule has 0 saturated carbocycles.